The zero-order chi connectivity index (χ0) is 20.1. The van der Waals surface area contributed by atoms with Gasteiger partial charge in [0.15, 0.2) is 0 Å². The average Bonchev–Trinajstić information content (AvgIpc) is 2.96. The molecule has 4 rings (SSSR count). The molecule has 3 heterocycles. The van der Waals surface area contributed by atoms with E-state index in [0.29, 0.717) is 22.8 Å². The number of ether oxygens (including phenoxy) is 1. The van der Waals surface area contributed by atoms with Gasteiger partial charge in [0.05, 0.1) is 23.9 Å². The molecule has 28 heavy (non-hydrogen) atoms. The topological polar surface area (TPSA) is 49.9 Å². The summed E-state index contributed by atoms with van der Waals surface area (Å²) >= 11 is 7.32. The van der Waals surface area contributed by atoms with E-state index in [-0.39, 0.29) is 0 Å². The molecule has 1 saturated heterocycles. The molecule has 0 saturated carbocycles. The number of carbonyl (C=O) groups excluding carboxylic acids is 2. The van der Waals surface area contributed by atoms with E-state index in [2.05, 4.69) is 11.0 Å². The fourth-order valence-corrected chi connectivity index (χ4v) is 5.49. The van der Waals surface area contributed by atoms with Gasteiger partial charge in [0, 0.05) is 24.4 Å². The first-order chi connectivity index (χ1) is 13.3. The first-order valence-electron chi connectivity index (χ1n) is 9.58. The number of thioether (sulfide) groups is 1. The third-order valence-electron chi connectivity index (χ3n) is 5.60. The van der Waals surface area contributed by atoms with E-state index in [1.165, 1.54) is 19.3 Å². The van der Waals surface area contributed by atoms with E-state index in [1.807, 2.05) is 19.9 Å². The van der Waals surface area contributed by atoms with Crippen molar-refractivity contribution in [2.75, 3.05) is 30.9 Å². The number of piperidine rings is 1. The van der Waals surface area contributed by atoms with Crippen molar-refractivity contribution in [2.45, 2.75) is 38.6 Å². The van der Waals surface area contributed by atoms with Crippen LogP contribution in [0.3, 0.4) is 0 Å². The Balaban J connectivity index is 1.68. The van der Waals surface area contributed by atoms with E-state index in [0.717, 1.165) is 28.5 Å². The lowest BCUT2D eigenvalue weighted by atomic mass is 9.89. The third-order valence-corrected chi connectivity index (χ3v) is 7.17. The Bertz CT molecular complexity index is 901. The minimum absolute atomic E-state index is 0.432. The van der Waals surface area contributed by atoms with Gasteiger partial charge in [-0.2, -0.15) is 0 Å². The maximum absolute atomic E-state index is 12.6. The average molecular weight is 417 g/mol. The largest absolute Gasteiger partial charge is 0.497 e. The van der Waals surface area contributed by atoms with Gasteiger partial charge in [0.25, 0.3) is 11.7 Å². The summed E-state index contributed by atoms with van der Waals surface area (Å²) in [4.78, 5) is 29.1. The van der Waals surface area contributed by atoms with Gasteiger partial charge in [0.2, 0.25) is 0 Å². The van der Waals surface area contributed by atoms with Crippen LogP contribution in [0, 0.1) is 0 Å². The second-order valence-electron chi connectivity index (χ2n) is 7.97. The van der Waals surface area contributed by atoms with Crippen LogP contribution in [-0.4, -0.2) is 52.4 Å². The Morgan fingerprint density at radius 1 is 1.18 bits per heavy atom. The van der Waals surface area contributed by atoms with Gasteiger partial charge in [-0.25, -0.2) is 0 Å². The molecule has 148 valence electrons. The van der Waals surface area contributed by atoms with Crippen LogP contribution in [0.5, 0.6) is 5.75 Å². The molecule has 1 amide bonds. The fraction of sp³-hybridized carbons (Fsp3) is 0.476. The molecule has 0 aromatic heterocycles. The highest BCUT2D eigenvalue weighted by Crippen LogP contribution is 2.47. The Morgan fingerprint density at radius 3 is 2.54 bits per heavy atom. The van der Waals surface area contributed by atoms with Crippen LogP contribution in [0.4, 0.5) is 5.69 Å². The van der Waals surface area contributed by atoms with Gasteiger partial charge in [0.1, 0.15) is 10.1 Å². The van der Waals surface area contributed by atoms with Crippen molar-refractivity contribution in [3.05, 3.63) is 29.3 Å². The van der Waals surface area contributed by atoms with Crippen molar-refractivity contribution in [3.8, 4) is 5.75 Å². The number of anilines is 1. The monoisotopic (exact) mass is 416 g/mol. The number of hydrogen-bond acceptors (Lipinski definition) is 5. The molecule has 3 aliphatic heterocycles. The Labute approximate surface area is 175 Å². The van der Waals surface area contributed by atoms with Crippen molar-refractivity contribution >= 4 is 51.3 Å². The molecule has 1 aromatic carbocycles. The number of carbonyl (C=O) groups is 2. The lowest BCUT2D eigenvalue weighted by molar-refractivity contribution is -0.115. The van der Waals surface area contributed by atoms with E-state index < -0.39 is 17.2 Å². The highest BCUT2D eigenvalue weighted by Gasteiger charge is 2.47. The van der Waals surface area contributed by atoms with E-state index >= 15 is 0 Å². The number of Topliss-reactive ketones (excluding diaryl/α,β-unsaturated/α-hetero) is 1. The lowest BCUT2D eigenvalue weighted by Crippen LogP contribution is -2.48. The molecule has 0 aliphatic carbocycles. The third kappa shape index (κ3) is 3.14. The molecule has 0 N–H and O–H groups in total. The number of benzene rings is 1. The minimum Gasteiger partial charge on any atom is -0.497 e. The standard InChI is InChI=1S/C21H24N2O3S2/c1-21(2)11-13(12-28-20(27)22-7-5-4-6-8-22)15-9-14(26-3)10-16-17(15)23(21)19(25)18(16)24/h9-11H,4-8,12H2,1-3H3. The van der Waals surface area contributed by atoms with Gasteiger partial charge in [-0.3, -0.25) is 14.5 Å². The Morgan fingerprint density at radius 2 is 1.86 bits per heavy atom. The van der Waals surface area contributed by atoms with Gasteiger partial charge in [-0.1, -0.05) is 30.1 Å². The maximum Gasteiger partial charge on any atom is 0.300 e. The van der Waals surface area contributed by atoms with Gasteiger partial charge in [-0.15, -0.1) is 0 Å². The first-order valence-corrected chi connectivity index (χ1v) is 11.0. The second kappa shape index (κ2) is 7.19. The maximum atomic E-state index is 12.6. The van der Waals surface area contributed by atoms with Crippen LogP contribution in [0.15, 0.2) is 18.2 Å². The van der Waals surface area contributed by atoms with Crippen LogP contribution in [-0.2, 0) is 4.79 Å². The van der Waals surface area contributed by atoms with E-state index in [1.54, 1.807) is 29.8 Å². The van der Waals surface area contributed by atoms with Gasteiger partial charge in [-0.05, 0) is 50.8 Å². The molecular formula is C21H24N2O3S2. The number of rotatable bonds is 3. The summed E-state index contributed by atoms with van der Waals surface area (Å²) in [5, 5.41) is 0. The van der Waals surface area contributed by atoms with Crippen LogP contribution < -0.4 is 9.64 Å². The van der Waals surface area contributed by atoms with E-state index in [9.17, 15) is 9.59 Å². The molecule has 0 spiro atoms. The summed E-state index contributed by atoms with van der Waals surface area (Å²) in [6.45, 7) is 5.99. The number of thiocarbonyl (C=S) groups is 1. The highest BCUT2D eigenvalue weighted by atomic mass is 32.2. The van der Waals surface area contributed by atoms with Crippen LogP contribution in [0.1, 0.15) is 49.0 Å². The molecule has 0 radical (unpaired) electrons. The van der Waals surface area contributed by atoms with Crippen molar-refractivity contribution in [1.82, 2.24) is 4.90 Å². The van der Waals surface area contributed by atoms with Crippen molar-refractivity contribution in [2.24, 2.45) is 0 Å². The number of nitrogens with zero attached hydrogens (tertiary/aromatic N) is 2. The summed E-state index contributed by atoms with van der Waals surface area (Å²) in [5.41, 5.74) is 2.55. The van der Waals surface area contributed by atoms with Crippen molar-refractivity contribution in [3.63, 3.8) is 0 Å². The summed E-state index contributed by atoms with van der Waals surface area (Å²) in [6, 6.07) is 3.59. The summed E-state index contributed by atoms with van der Waals surface area (Å²) in [5.74, 6) is 0.357. The molecule has 1 fully saturated rings. The SMILES string of the molecule is COc1cc2c3c(c1)C(CSC(=S)N1CCCCC1)=CC(C)(C)N3C(=O)C2=O. The predicted molar refractivity (Wildman–Crippen MR) is 117 cm³/mol. The predicted octanol–water partition coefficient (Wildman–Crippen LogP) is 3.90. The van der Waals surface area contributed by atoms with Crippen molar-refractivity contribution in [1.29, 1.82) is 0 Å². The minimum atomic E-state index is -0.567. The number of hydrogen-bond donors (Lipinski definition) is 0. The van der Waals surface area contributed by atoms with Crippen LogP contribution in [0.25, 0.3) is 5.57 Å². The smallest absolute Gasteiger partial charge is 0.300 e. The first kappa shape index (κ1) is 19.5. The van der Waals surface area contributed by atoms with Crippen molar-refractivity contribution < 1.29 is 14.3 Å². The highest BCUT2D eigenvalue weighted by molar-refractivity contribution is 8.23. The normalized spacial score (nSPS) is 20.2. The molecule has 0 atom stereocenters. The van der Waals surface area contributed by atoms with E-state index in [4.69, 9.17) is 17.0 Å². The number of ketones is 1. The fourth-order valence-electron chi connectivity index (χ4n) is 4.25. The van der Waals surface area contributed by atoms with Gasteiger partial charge >= 0.3 is 0 Å². The van der Waals surface area contributed by atoms with Gasteiger partial charge < -0.3 is 9.64 Å². The summed E-state index contributed by atoms with van der Waals surface area (Å²) in [6.07, 6.45) is 5.75. The Kier molecular flexibility index (Phi) is 5.00. The zero-order valence-corrected chi connectivity index (χ0v) is 18.0. The molecule has 0 unspecified atom stereocenters. The number of methoxy groups -OCH3 is 1. The molecule has 3 aliphatic rings. The second-order valence-corrected chi connectivity index (χ2v) is 9.58. The Hall–Kier alpha value is -1.86. The number of likely N-dealkylation sites (tertiary alicyclic amines) is 1. The molecule has 0 bridgehead atoms. The molecule has 1 aromatic rings. The molecular weight excluding hydrogens is 392 g/mol. The molecule has 5 nitrogen and oxygen atoms in total. The number of amides is 1. The van der Waals surface area contributed by atoms with Crippen LogP contribution in [0.2, 0.25) is 0 Å². The molecule has 7 heteroatoms. The summed E-state index contributed by atoms with van der Waals surface area (Å²) in [7, 11) is 1.57. The lowest BCUT2D eigenvalue weighted by Gasteiger charge is -2.39. The quantitative estimate of drug-likeness (QED) is 0.550. The summed E-state index contributed by atoms with van der Waals surface area (Å²) < 4.78 is 6.32. The zero-order valence-electron chi connectivity index (χ0n) is 16.4. The van der Waals surface area contributed by atoms with Crippen LogP contribution >= 0.6 is 24.0 Å².